The van der Waals surface area contributed by atoms with E-state index in [1.807, 2.05) is 28.8 Å². The van der Waals surface area contributed by atoms with Gasteiger partial charge in [-0.2, -0.15) is 5.26 Å². The van der Waals surface area contributed by atoms with Crippen molar-refractivity contribution >= 4 is 28.4 Å². The molecule has 0 bridgehead atoms. The van der Waals surface area contributed by atoms with E-state index in [0.717, 1.165) is 16.8 Å². The number of fused-ring (bicyclic) bond motifs is 1. The molecule has 0 saturated heterocycles. The molecular weight excluding hydrogens is 360 g/mol. The first kappa shape index (κ1) is 17.0. The first-order valence-electron chi connectivity index (χ1n) is 8.22. The predicted octanol–water partition coefficient (Wildman–Crippen LogP) is 4.82. The summed E-state index contributed by atoms with van der Waals surface area (Å²) in [6.45, 7) is 1.53. The van der Waals surface area contributed by atoms with Crippen LogP contribution in [0.15, 0.2) is 61.1 Å². The van der Waals surface area contributed by atoms with Crippen LogP contribution in [0.2, 0.25) is 5.02 Å². The number of carbonyl (C=O) groups excluding carboxylic acids is 1. The fraction of sp³-hybridized carbons (Fsp3) is 0.0476. The molecule has 5 nitrogen and oxygen atoms in total. The second-order valence-electron chi connectivity index (χ2n) is 6.05. The van der Waals surface area contributed by atoms with Crippen LogP contribution in [-0.4, -0.2) is 20.3 Å². The van der Waals surface area contributed by atoms with Crippen molar-refractivity contribution in [2.45, 2.75) is 6.92 Å². The predicted molar refractivity (Wildman–Crippen MR) is 104 cm³/mol. The minimum Gasteiger partial charge on any atom is -0.312 e. The Morgan fingerprint density at radius 3 is 2.41 bits per heavy atom. The van der Waals surface area contributed by atoms with Crippen LogP contribution in [-0.2, 0) is 0 Å². The third kappa shape index (κ3) is 2.97. The molecular formula is C21H13ClN4O. The van der Waals surface area contributed by atoms with Crippen molar-refractivity contribution in [3.63, 3.8) is 0 Å². The van der Waals surface area contributed by atoms with Gasteiger partial charge in [0.15, 0.2) is 5.78 Å². The number of hydrogen-bond acceptors (Lipinski definition) is 4. The molecule has 0 amide bonds. The Morgan fingerprint density at radius 1 is 1.07 bits per heavy atom. The lowest BCUT2D eigenvalue weighted by atomic mass is 10.1. The van der Waals surface area contributed by atoms with E-state index in [4.69, 9.17) is 11.6 Å². The fourth-order valence-electron chi connectivity index (χ4n) is 3.02. The molecule has 0 N–H and O–H groups in total. The zero-order chi connectivity index (χ0) is 19.0. The molecule has 0 aliphatic carbocycles. The number of carbonyl (C=O) groups is 1. The van der Waals surface area contributed by atoms with Crippen molar-refractivity contribution in [2.24, 2.45) is 0 Å². The van der Waals surface area contributed by atoms with Gasteiger partial charge in [0.05, 0.1) is 16.8 Å². The molecule has 0 radical (unpaired) electrons. The third-order valence-corrected chi connectivity index (χ3v) is 4.62. The van der Waals surface area contributed by atoms with Crippen LogP contribution >= 0.6 is 11.6 Å². The van der Waals surface area contributed by atoms with E-state index >= 15 is 0 Å². The summed E-state index contributed by atoms with van der Waals surface area (Å²) in [5, 5.41) is 10.2. The van der Waals surface area contributed by atoms with E-state index in [2.05, 4.69) is 16.0 Å². The minimum absolute atomic E-state index is 0.00168. The second-order valence-corrected chi connectivity index (χ2v) is 6.49. The first-order valence-corrected chi connectivity index (χ1v) is 8.60. The maximum absolute atomic E-state index is 11.5. The van der Waals surface area contributed by atoms with Gasteiger partial charge in [-0.3, -0.25) is 4.79 Å². The lowest BCUT2D eigenvalue weighted by Crippen LogP contribution is -1.98. The molecule has 0 aliphatic heterocycles. The summed E-state index contributed by atoms with van der Waals surface area (Å²) in [5.41, 5.74) is 4.78. The highest BCUT2D eigenvalue weighted by atomic mass is 35.5. The zero-order valence-corrected chi connectivity index (χ0v) is 15.1. The van der Waals surface area contributed by atoms with E-state index in [0.29, 0.717) is 27.4 Å². The molecule has 2 aromatic carbocycles. The SMILES string of the molecule is CC(=O)c1ccc(-n2cc(C#N)c3ncnc(-c4ccc(Cl)cc4)c32)cc1. The minimum atomic E-state index is 0.00168. The van der Waals surface area contributed by atoms with Gasteiger partial charge in [-0.25, -0.2) is 9.97 Å². The Morgan fingerprint density at radius 2 is 1.78 bits per heavy atom. The summed E-state index contributed by atoms with van der Waals surface area (Å²) in [7, 11) is 0. The maximum atomic E-state index is 11.5. The zero-order valence-electron chi connectivity index (χ0n) is 14.3. The van der Waals surface area contributed by atoms with Crippen LogP contribution in [0, 0.1) is 11.3 Å². The van der Waals surface area contributed by atoms with Gasteiger partial charge < -0.3 is 4.57 Å². The van der Waals surface area contributed by atoms with Gasteiger partial charge >= 0.3 is 0 Å². The highest BCUT2D eigenvalue weighted by Gasteiger charge is 2.17. The normalized spacial score (nSPS) is 10.7. The Balaban J connectivity index is 1.99. The van der Waals surface area contributed by atoms with E-state index in [-0.39, 0.29) is 5.78 Å². The van der Waals surface area contributed by atoms with E-state index in [9.17, 15) is 10.1 Å². The number of aromatic nitrogens is 3. The number of halogens is 1. The monoisotopic (exact) mass is 372 g/mol. The molecule has 2 aromatic heterocycles. The molecule has 27 heavy (non-hydrogen) atoms. The Kier molecular flexibility index (Phi) is 4.19. The highest BCUT2D eigenvalue weighted by molar-refractivity contribution is 6.30. The number of nitriles is 1. The van der Waals surface area contributed by atoms with Gasteiger partial charge in [0.2, 0.25) is 0 Å². The van der Waals surface area contributed by atoms with Crippen LogP contribution in [0.4, 0.5) is 0 Å². The Hall–Kier alpha value is -3.49. The van der Waals surface area contributed by atoms with Crippen molar-refractivity contribution in [1.82, 2.24) is 14.5 Å². The lowest BCUT2D eigenvalue weighted by molar-refractivity contribution is 0.101. The summed E-state index contributed by atoms with van der Waals surface area (Å²) in [4.78, 5) is 20.3. The van der Waals surface area contributed by atoms with E-state index in [1.54, 1.807) is 30.5 Å². The van der Waals surface area contributed by atoms with Gasteiger partial charge in [0.25, 0.3) is 0 Å². The number of rotatable bonds is 3. The molecule has 0 saturated carbocycles. The van der Waals surface area contributed by atoms with Gasteiger partial charge in [-0.15, -0.1) is 0 Å². The summed E-state index contributed by atoms with van der Waals surface area (Å²) < 4.78 is 1.88. The molecule has 4 rings (SSSR count). The van der Waals surface area contributed by atoms with Crippen molar-refractivity contribution in [2.75, 3.05) is 0 Å². The van der Waals surface area contributed by atoms with Gasteiger partial charge in [0, 0.05) is 28.0 Å². The highest BCUT2D eigenvalue weighted by Crippen LogP contribution is 2.31. The van der Waals surface area contributed by atoms with Crippen LogP contribution in [0.25, 0.3) is 28.0 Å². The van der Waals surface area contributed by atoms with Gasteiger partial charge in [-0.05, 0) is 43.3 Å². The average molecular weight is 373 g/mol. The molecule has 2 heterocycles. The average Bonchev–Trinajstić information content (AvgIpc) is 3.08. The van der Waals surface area contributed by atoms with Crippen LogP contribution < -0.4 is 0 Å². The second kappa shape index (κ2) is 6.67. The van der Waals surface area contributed by atoms with Gasteiger partial charge in [0.1, 0.15) is 17.9 Å². The largest absolute Gasteiger partial charge is 0.312 e. The van der Waals surface area contributed by atoms with Crippen molar-refractivity contribution in [1.29, 1.82) is 5.26 Å². The van der Waals surface area contributed by atoms with E-state index in [1.165, 1.54) is 13.3 Å². The van der Waals surface area contributed by atoms with Crippen LogP contribution in [0.5, 0.6) is 0 Å². The molecule has 6 heteroatoms. The summed E-state index contributed by atoms with van der Waals surface area (Å²) in [6.07, 6.45) is 3.19. The number of nitrogens with zero attached hydrogens (tertiary/aromatic N) is 4. The Bertz CT molecular complexity index is 1200. The molecule has 0 unspecified atom stereocenters. The lowest BCUT2D eigenvalue weighted by Gasteiger charge is -2.09. The fourth-order valence-corrected chi connectivity index (χ4v) is 3.15. The van der Waals surface area contributed by atoms with Crippen molar-refractivity contribution in [3.8, 4) is 23.0 Å². The van der Waals surface area contributed by atoms with Gasteiger partial charge in [-0.1, -0.05) is 23.7 Å². The molecule has 0 fully saturated rings. The topological polar surface area (TPSA) is 71.6 Å². The van der Waals surface area contributed by atoms with Crippen LogP contribution in [0.1, 0.15) is 22.8 Å². The molecule has 0 spiro atoms. The first-order chi connectivity index (χ1) is 13.1. The number of ketones is 1. The van der Waals surface area contributed by atoms with Crippen molar-refractivity contribution < 1.29 is 4.79 Å². The van der Waals surface area contributed by atoms with E-state index < -0.39 is 0 Å². The number of benzene rings is 2. The standard InChI is InChI=1S/C21H13ClN4O/c1-13(27)14-4-8-18(9-5-14)26-11-16(10-23)20-21(26)19(24-12-25-20)15-2-6-17(22)7-3-15/h2-9,11-12H,1H3. The van der Waals surface area contributed by atoms with Crippen LogP contribution in [0.3, 0.4) is 0 Å². The van der Waals surface area contributed by atoms with Crippen molar-refractivity contribution in [3.05, 3.63) is 77.2 Å². The smallest absolute Gasteiger partial charge is 0.159 e. The third-order valence-electron chi connectivity index (χ3n) is 4.37. The summed E-state index contributed by atoms with van der Waals surface area (Å²) >= 11 is 6.00. The number of hydrogen-bond donors (Lipinski definition) is 0. The Labute approximate surface area is 160 Å². The summed E-state index contributed by atoms with van der Waals surface area (Å²) in [6, 6.07) is 16.8. The molecule has 0 aliphatic rings. The summed E-state index contributed by atoms with van der Waals surface area (Å²) in [5.74, 6) is 0.00168. The maximum Gasteiger partial charge on any atom is 0.159 e. The quantitative estimate of drug-likeness (QED) is 0.483. The molecule has 0 atom stereocenters. The molecule has 4 aromatic rings. The molecule has 130 valence electrons. The number of Topliss-reactive ketones (excluding diaryl/α,β-unsaturated/α-hetero) is 1.